The van der Waals surface area contributed by atoms with Gasteiger partial charge in [0.1, 0.15) is 17.8 Å². The molecule has 0 amide bonds. The van der Waals surface area contributed by atoms with Crippen LogP contribution in [0.4, 0.5) is 5.95 Å². The van der Waals surface area contributed by atoms with E-state index in [-0.39, 0.29) is 5.75 Å². The monoisotopic (exact) mass is 380 g/mol. The van der Waals surface area contributed by atoms with Crippen molar-refractivity contribution < 1.29 is 5.11 Å². The van der Waals surface area contributed by atoms with Gasteiger partial charge in [0.05, 0.1) is 6.20 Å². The maximum Gasteiger partial charge on any atom is 0.245 e. The van der Waals surface area contributed by atoms with Gasteiger partial charge in [0.2, 0.25) is 5.95 Å². The molecule has 0 bridgehead atoms. The number of phenols is 1. The van der Waals surface area contributed by atoms with Gasteiger partial charge in [-0.2, -0.15) is 5.10 Å². The Labute approximate surface area is 163 Å². The van der Waals surface area contributed by atoms with E-state index in [2.05, 4.69) is 49.3 Å². The van der Waals surface area contributed by atoms with Gasteiger partial charge in [-0.25, -0.2) is 9.97 Å². The molecular formula is C19H24N8O. The van der Waals surface area contributed by atoms with Crippen molar-refractivity contribution in [1.82, 2.24) is 35.3 Å². The van der Waals surface area contributed by atoms with Crippen LogP contribution in [0.2, 0.25) is 0 Å². The van der Waals surface area contributed by atoms with E-state index in [0.717, 1.165) is 25.2 Å². The molecule has 2 aromatic heterocycles. The van der Waals surface area contributed by atoms with Crippen LogP contribution in [-0.2, 0) is 7.05 Å². The molecule has 0 saturated carbocycles. The van der Waals surface area contributed by atoms with Gasteiger partial charge in [-0.3, -0.25) is 4.68 Å². The van der Waals surface area contributed by atoms with Crippen molar-refractivity contribution >= 4 is 5.95 Å². The summed E-state index contributed by atoms with van der Waals surface area (Å²) < 4.78 is 1.62. The fourth-order valence-corrected chi connectivity index (χ4v) is 3.30. The second-order valence-electron chi connectivity index (χ2n) is 7.37. The molecule has 3 aromatic rings. The van der Waals surface area contributed by atoms with Crippen LogP contribution in [-0.4, -0.2) is 60.7 Å². The van der Waals surface area contributed by atoms with Crippen LogP contribution in [0.25, 0.3) is 22.6 Å². The molecular weight excluding hydrogens is 356 g/mol. The Morgan fingerprint density at radius 3 is 2.71 bits per heavy atom. The zero-order valence-corrected chi connectivity index (χ0v) is 16.2. The molecule has 3 heterocycles. The Kier molecular flexibility index (Phi) is 4.91. The maximum absolute atomic E-state index is 10.5. The predicted octanol–water partition coefficient (Wildman–Crippen LogP) is 1.47. The van der Waals surface area contributed by atoms with Gasteiger partial charge >= 0.3 is 0 Å². The standard InChI is InChI=1S/C19H24N8O/c1-12(2)16-10-27(7-6-20-16)19-21-9-15(23-24-19)14-5-4-13(8-17(14)28)18-22-11-26(3)25-18/h4-5,8-9,11-12,16,20,28H,6-7,10H2,1-3H3. The molecule has 0 aliphatic carbocycles. The Bertz CT molecular complexity index is 953. The highest BCUT2D eigenvalue weighted by Crippen LogP contribution is 2.31. The molecule has 1 atom stereocenters. The van der Waals surface area contributed by atoms with Crippen molar-refractivity contribution in [3.05, 3.63) is 30.7 Å². The van der Waals surface area contributed by atoms with E-state index in [4.69, 9.17) is 0 Å². The molecule has 1 aliphatic heterocycles. The lowest BCUT2D eigenvalue weighted by molar-refractivity contribution is 0.365. The molecule has 9 heteroatoms. The number of nitrogens with one attached hydrogen (secondary N) is 1. The summed E-state index contributed by atoms with van der Waals surface area (Å²) in [6.45, 7) is 7.02. The summed E-state index contributed by atoms with van der Waals surface area (Å²) in [5, 5.41) is 26.8. The lowest BCUT2D eigenvalue weighted by atomic mass is 10.0. The minimum Gasteiger partial charge on any atom is -0.507 e. The number of phenolic OH excluding ortho intramolecular Hbond substituents is 1. The normalized spacial score (nSPS) is 17.3. The fourth-order valence-electron chi connectivity index (χ4n) is 3.30. The van der Waals surface area contributed by atoms with Crippen molar-refractivity contribution in [2.75, 3.05) is 24.5 Å². The molecule has 1 saturated heterocycles. The number of hydrogen-bond acceptors (Lipinski definition) is 8. The largest absolute Gasteiger partial charge is 0.507 e. The SMILES string of the molecule is CC(C)C1CN(c2ncc(-c3ccc(-c4ncn(C)n4)cc3O)nn2)CCN1. The summed E-state index contributed by atoms with van der Waals surface area (Å²) in [6, 6.07) is 5.67. The molecule has 1 aliphatic rings. The number of hydrogen-bond donors (Lipinski definition) is 2. The van der Waals surface area contributed by atoms with Gasteiger partial charge in [0.25, 0.3) is 0 Å². The number of aryl methyl sites for hydroxylation is 1. The first-order chi connectivity index (χ1) is 13.5. The number of aromatic nitrogens is 6. The van der Waals surface area contributed by atoms with Crippen molar-refractivity contribution in [2.45, 2.75) is 19.9 Å². The lowest BCUT2D eigenvalue weighted by Gasteiger charge is -2.35. The van der Waals surface area contributed by atoms with Crippen LogP contribution < -0.4 is 10.2 Å². The van der Waals surface area contributed by atoms with Crippen molar-refractivity contribution in [1.29, 1.82) is 0 Å². The van der Waals surface area contributed by atoms with E-state index in [0.29, 0.717) is 35.0 Å². The maximum atomic E-state index is 10.5. The number of anilines is 1. The van der Waals surface area contributed by atoms with Crippen LogP contribution in [0.15, 0.2) is 30.7 Å². The van der Waals surface area contributed by atoms with Gasteiger partial charge in [0, 0.05) is 43.9 Å². The molecule has 146 valence electrons. The van der Waals surface area contributed by atoms with Gasteiger partial charge in [-0.1, -0.05) is 19.9 Å². The Balaban J connectivity index is 1.54. The minimum atomic E-state index is 0.0934. The highest BCUT2D eigenvalue weighted by atomic mass is 16.3. The molecule has 4 rings (SSSR count). The van der Waals surface area contributed by atoms with E-state index in [1.807, 2.05) is 6.07 Å². The third kappa shape index (κ3) is 3.65. The molecule has 1 aromatic carbocycles. The topological polar surface area (TPSA) is 105 Å². The molecule has 1 fully saturated rings. The number of rotatable bonds is 4. The number of nitrogens with zero attached hydrogens (tertiary/aromatic N) is 7. The third-order valence-electron chi connectivity index (χ3n) is 4.97. The molecule has 28 heavy (non-hydrogen) atoms. The van der Waals surface area contributed by atoms with Crippen LogP contribution in [0.1, 0.15) is 13.8 Å². The van der Waals surface area contributed by atoms with Crippen LogP contribution >= 0.6 is 0 Å². The van der Waals surface area contributed by atoms with Crippen LogP contribution in [0, 0.1) is 5.92 Å². The van der Waals surface area contributed by atoms with E-state index in [1.54, 1.807) is 36.4 Å². The second kappa shape index (κ2) is 7.51. The fraction of sp³-hybridized carbons (Fsp3) is 0.421. The molecule has 0 spiro atoms. The number of aromatic hydroxyl groups is 1. The zero-order chi connectivity index (χ0) is 19.7. The van der Waals surface area contributed by atoms with Crippen LogP contribution in [0.3, 0.4) is 0 Å². The molecule has 0 radical (unpaired) electrons. The minimum absolute atomic E-state index is 0.0934. The summed E-state index contributed by atoms with van der Waals surface area (Å²) in [5.41, 5.74) is 1.84. The summed E-state index contributed by atoms with van der Waals surface area (Å²) in [4.78, 5) is 10.8. The molecule has 1 unspecified atom stereocenters. The van der Waals surface area contributed by atoms with Crippen LogP contribution in [0.5, 0.6) is 5.75 Å². The number of piperazine rings is 1. The van der Waals surface area contributed by atoms with E-state index in [1.165, 1.54) is 0 Å². The summed E-state index contributed by atoms with van der Waals surface area (Å²) in [6.07, 6.45) is 3.27. The summed E-state index contributed by atoms with van der Waals surface area (Å²) in [7, 11) is 1.80. The zero-order valence-electron chi connectivity index (χ0n) is 16.2. The first-order valence-corrected chi connectivity index (χ1v) is 9.38. The average molecular weight is 380 g/mol. The van der Waals surface area contributed by atoms with Gasteiger partial charge in [0.15, 0.2) is 5.82 Å². The first kappa shape index (κ1) is 18.3. The summed E-state index contributed by atoms with van der Waals surface area (Å²) in [5.74, 6) is 1.81. The second-order valence-corrected chi connectivity index (χ2v) is 7.37. The van der Waals surface area contributed by atoms with Gasteiger partial charge in [-0.15, -0.1) is 10.2 Å². The lowest BCUT2D eigenvalue weighted by Crippen LogP contribution is -2.53. The number of benzene rings is 1. The Morgan fingerprint density at radius 1 is 1.21 bits per heavy atom. The Morgan fingerprint density at radius 2 is 2.07 bits per heavy atom. The highest BCUT2D eigenvalue weighted by Gasteiger charge is 2.23. The van der Waals surface area contributed by atoms with Crippen molar-refractivity contribution in [3.63, 3.8) is 0 Å². The molecule has 2 N–H and O–H groups in total. The smallest absolute Gasteiger partial charge is 0.245 e. The van der Waals surface area contributed by atoms with Gasteiger partial charge < -0.3 is 15.3 Å². The highest BCUT2D eigenvalue weighted by molar-refractivity contribution is 5.71. The summed E-state index contributed by atoms with van der Waals surface area (Å²) >= 11 is 0. The van der Waals surface area contributed by atoms with Gasteiger partial charge in [-0.05, 0) is 18.1 Å². The average Bonchev–Trinajstić information content (AvgIpc) is 3.14. The van der Waals surface area contributed by atoms with E-state index in [9.17, 15) is 5.11 Å². The first-order valence-electron chi connectivity index (χ1n) is 9.38. The van der Waals surface area contributed by atoms with Crippen molar-refractivity contribution in [3.8, 4) is 28.4 Å². The van der Waals surface area contributed by atoms with E-state index < -0.39 is 0 Å². The van der Waals surface area contributed by atoms with Crippen molar-refractivity contribution in [2.24, 2.45) is 13.0 Å². The quantitative estimate of drug-likeness (QED) is 0.701. The third-order valence-corrected chi connectivity index (χ3v) is 4.97. The predicted molar refractivity (Wildman–Crippen MR) is 106 cm³/mol. The Hall–Kier alpha value is -3.07. The molecule has 9 nitrogen and oxygen atoms in total. The van der Waals surface area contributed by atoms with E-state index >= 15 is 0 Å².